The number of aliphatic hydroxyl groups is 1. The lowest BCUT2D eigenvalue weighted by atomic mass is 10.1. The molecule has 1 N–H and O–H groups in total. The Hall–Kier alpha value is -0.830. The van der Waals surface area contributed by atoms with Crippen molar-refractivity contribution in [3.8, 4) is 0 Å². The summed E-state index contributed by atoms with van der Waals surface area (Å²) in [6.07, 6.45) is 1.43. The van der Waals surface area contributed by atoms with Crippen molar-refractivity contribution < 1.29 is 14.6 Å². The van der Waals surface area contributed by atoms with E-state index in [2.05, 4.69) is 0 Å². The number of hydrogen-bond donors (Lipinski definition) is 1. The third kappa shape index (κ3) is 1.57. The normalized spacial score (nSPS) is 25.6. The first-order valence-electron chi connectivity index (χ1n) is 3.21. The minimum Gasteiger partial charge on any atom is -0.492 e. The van der Waals surface area contributed by atoms with Gasteiger partial charge in [-0.1, -0.05) is 0 Å². The van der Waals surface area contributed by atoms with Gasteiger partial charge >= 0.3 is 0 Å². The van der Waals surface area contributed by atoms with Gasteiger partial charge in [0.1, 0.15) is 6.10 Å². The molecule has 0 saturated heterocycles. The van der Waals surface area contributed by atoms with Crippen LogP contribution in [0, 0.1) is 0 Å². The molecule has 56 valence electrons. The second-order valence-corrected chi connectivity index (χ2v) is 2.35. The maximum absolute atomic E-state index is 10.8. The number of allylic oxidation sites excluding steroid dienone is 2. The number of carbonyl (C=O) groups is 1. The van der Waals surface area contributed by atoms with Gasteiger partial charge < -0.3 is 9.84 Å². The van der Waals surface area contributed by atoms with Crippen molar-refractivity contribution in [3.63, 3.8) is 0 Å². The van der Waals surface area contributed by atoms with E-state index in [9.17, 15) is 4.79 Å². The van der Waals surface area contributed by atoms with E-state index in [4.69, 9.17) is 9.84 Å². The predicted molar refractivity (Wildman–Crippen MR) is 35.3 cm³/mol. The molecule has 0 spiro atoms. The maximum atomic E-state index is 10.8. The SMILES string of the molecule is CC1=CC(=O)C[C@H](CO)O1. The highest BCUT2D eigenvalue weighted by atomic mass is 16.5. The minimum atomic E-state index is -0.322. The zero-order valence-corrected chi connectivity index (χ0v) is 5.83. The Bertz CT molecular complexity index is 172. The highest BCUT2D eigenvalue weighted by Gasteiger charge is 2.17. The van der Waals surface area contributed by atoms with Crippen LogP contribution in [0.5, 0.6) is 0 Å². The van der Waals surface area contributed by atoms with Crippen LogP contribution in [-0.4, -0.2) is 23.6 Å². The molecule has 1 aliphatic heterocycles. The topological polar surface area (TPSA) is 46.5 Å². The van der Waals surface area contributed by atoms with Crippen molar-refractivity contribution in [2.75, 3.05) is 6.61 Å². The summed E-state index contributed by atoms with van der Waals surface area (Å²) in [5.41, 5.74) is 0. The summed E-state index contributed by atoms with van der Waals surface area (Å²) in [5.74, 6) is 0.623. The molecule has 0 saturated carbocycles. The van der Waals surface area contributed by atoms with Gasteiger partial charge in [-0.15, -0.1) is 0 Å². The van der Waals surface area contributed by atoms with Crippen molar-refractivity contribution in [2.24, 2.45) is 0 Å². The lowest BCUT2D eigenvalue weighted by molar-refractivity contribution is -0.119. The lowest BCUT2D eigenvalue weighted by Gasteiger charge is -2.19. The summed E-state index contributed by atoms with van der Waals surface area (Å²) in [4.78, 5) is 10.8. The summed E-state index contributed by atoms with van der Waals surface area (Å²) in [7, 11) is 0. The molecule has 0 aromatic heterocycles. The molecular weight excluding hydrogens is 132 g/mol. The van der Waals surface area contributed by atoms with Crippen LogP contribution in [0.15, 0.2) is 11.8 Å². The maximum Gasteiger partial charge on any atom is 0.162 e. The second-order valence-electron chi connectivity index (χ2n) is 2.35. The van der Waals surface area contributed by atoms with Gasteiger partial charge in [0.05, 0.1) is 12.4 Å². The summed E-state index contributed by atoms with van der Waals surface area (Å²) < 4.78 is 5.10. The molecule has 1 heterocycles. The Labute approximate surface area is 59.3 Å². The second kappa shape index (κ2) is 2.84. The van der Waals surface area contributed by atoms with E-state index in [0.717, 1.165) is 0 Å². The van der Waals surface area contributed by atoms with E-state index >= 15 is 0 Å². The van der Waals surface area contributed by atoms with E-state index in [0.29, 0.717) is 12.2 Å². The Kier molecular flexibility index (Phi) is 2.06. The Balaban J connectivity index is 2.60. The Morgan fingerprint density at radius 1 is 1.90 bits per heavy atom. The van der Waals surface area contributed by atoms with Crippen molar-refractivity contribution in [2.45, 2.75) is 19.4 Å². The summed E-state index contributed by atoms with van der Waals surface area (Å²) >= 11 is 0. The number of rotatable bonds is 1. The molecule has 1 aliphatic rings. The number of ketones is 1. The molecule has 1 rings (SSSR count). The monoisotopic (exact) mass is 142 g/mol. The summed E-state index contributed by atoms with van der Waals surface area (Å²) in [6.45, 7) is 1.62. The van der Waals surface area contributed by atoms with Crippen LogP contribution < -0.4 is 0 Å². The van der Waals surface area contributed by atoms with Crippen molar-refractivity contribution in [1.82, 2.24) is 0 Å². The summed E-state index contributed by atoms with van der Waals surface area (Å²) in [6, 6.07) is 0. The van der Waals surface area contributed by atoms with Gasteiger partial charge in [0.15, 0.2) is 5.78 Å². The molecular formula is C7H10O3. The minimum absolute atomic E-state index is 0.0304. The molecule has 0 radical (unpaired) electrons. The number of carbonyl (C=O) groups excluding carboxylic acids is 1. The molecule has 0 amide bonds. The van der Waals surface area contributed by atoms with Crippen LogP contribution in [0.1, 0.15) is 13.3 Å². The summed E-state index contributed by atoms with van der Waals surface area (Å²) in [5, 5.41) is 8.62. The third-order valence-corrected chi connectivity index (χ3v) is 1.35. The molecule has 3 heteroatoms. The predicted octanol–water partition coefficient (Wildman–Crippen LogP) is 0.240. The van der Waals surface area contributed by atoms with Gasteiger partial charge in [-0.25, -0.2) is 0 Å². The largest absolute Gasteiger partial charge is 0.492 e. The van der Waals surface area contributed by atoms with Crippen LogP contribution in [-0.2, 0) is 9.53 Å². The van der Waals surface area contributed by atoms with Gasteiger partial charge in [-0.05, 0) is 6.92 Å². The zero-order valence-electron chi connectivity index (χ0n) is 5.83. The zero-order chi connectivity index (χ0) is 7.56. The highest BCUT2D eigenvalue weighted by molar-refractivity contribution is 5.91. The molecule has 0 aliphatic carbocycles. The lowest BCUT2D eigenvalue weighted by Crippen LogP contribution is -2.24. The average Bonchev–Trinajstić information content (AvgIpc) is 1.85. The van der Waals surface area contributed by atoms with Crippen LogP contribution >= 0.6 is 0 Å². The molecule has 0 fully saturated rings. The molecule has 0 aromatic rings. The Morgan fingerprint density at radius 2 is 2.60 bits per heavy atom. The van der Waals surface area contributed by atoms with E-state index < -0.39 is 0 Å². The van der Waals surface area contributed by atoms with Gasteiger partial charge in [0.2, 0.25) is 0 Å². The number of ether oxygens (including phenoxy) is 1. The molecule has 10 heavy (non-hydrogen) atoms. The van der Waals surface area contributed by atoms with Crippen LogP contribution in [0.3, 0.4) is 0 Å². The molecule has 3 nitrogen and oxygen atoms in total. The quantitative estimate of drug-likeness (QED) is 0.570. The van der Waals surface area contributed by atoms with Gasteiger partial charge in [0, 0.05) is 12.5 Å². The average molecular weight is 142 g/mol. The van der Waals surface area contributed by atoms with E-state index in [1.165, 1.54) is 6.08 Å². The molecule has 0 aromatic carbocycles. The van der Waals surface area contributed by atoms with Crippen molar-refractivity contribution in [3.05, 3.63) is 11.8 Å². The molecule has 1 atom stereocenters. The third-order valence-electron chi connectivity index (χ3n) is 1.35. The van der Waals surface area contributed by atoms with E-state index in [-0.39, 0.29) is 18.5 Å². The molecule has 0 unspecified atom stereocenters. The first kappa shape index (κ1) is 7.28. The Morgan fingerprint density at radius 3 is 3.10 bits per heavy atom. The van der Waals surface area contributed by atoms with Crippen molar-refractivity contribution >= 4 is 5.78 Å². The van der Waals surface area contributed by atoms with Gasteiger partial charge in [-0.2, -0.15) is 0 Å². The van der Waals surface area contributed by atoms with E-state index in [1.807, 2.05) is 0 Å². The fourth-order valence-electron chi connectivity index (χ4n) is 0.950. The molecule has 0 bridgehead atoms. The fraction of sp³-hybridized carbons (Fsp3) is 0.571. The number of hydrogen-bond acceptors (Lipinski definition) is 3. The standard InChI is InChI=1S/C7H10O3/c1-5-2-6(9)3-7(4-8)10-5/h2,7-8H,3-4H2,1H3/t7-/m1/s1. The first-order chi connectivity index (χ1) is 4.72. The highest BCUT2D eigenvalue weighted by Crippen LogP contribution is 2.12. The van der Waals surface area contributed by atoms with Crippen LogP contribution in [0.2, 0.25) is 0 Å². The van der Waals surface area contributed by atoms with Gasteiger partial charge in [-0.3, -0.25) is 4.79 Å². The first-order valence-corrected chi connectivity index (χ1v) is 3.21. The van der Waals surface area contributed by atoms with Crippen LogP contribution in [0.25, 0.3) is 0 Å². The van der Waals surface area contributed by atoms with E-state index in [1.54, 1.807) is 6.92 Å². The van der Waals surface area contributed by atoms with Crippen molar-refractivity contribution in [1.29, 1.82) is 0 Å². The number of aliphatic hydroxyl groups excluding tert-OH is 1. The fourth-order valence-corrected chi connectivity index (χ4v) is 0.950. The smallest absolute Gasteiger partial charge is 0.162 e. The van der Waals surface area contributed by atoms with Gasteiger partial charge in [0.25, 0.3) is 0 Å². The van der Waals surface area contributed by atoms with Crippen LogP contribution in [0.4, 0.5) is 0 Å².